The Balaban J connectivity index is 4.07. The van der Waals surface area contributed by atoms with Gasteiger partial charge in [0.2, 0.25) is 0 Å². The summed E-state index contributed by atoms with van der Waals surface area (Å²) in [6, 6.07) is 0. The molecule has 0 bridgehead atoms. The van der Waals surface area contributed by atoms with Gasteiger partial charge in [-0.2, -0.15) is 0 Å². The summed E-state index contributed by atoms with van der Waals surface area (Å²) in [6.07, 6.45) is 65.6. The maximum atomic E-state index is 12.7. The molecule has 0 aliphatic heterocycles. The van der Waals surface area contributed by atoms with E-state index in [0.717, 1.165) is 96.3 Å². The van der Waals surface area contributed by atoms with Gasteiger partial charge < -0.3 is 14.2 Å². The van der Waals surface area contributed by atoms with Crippen LogP contribution in [0.4, 0.5) is 0 Å². The van der Waals surface area contributed by atoms with Gasteiger partial charge in [0.15, 0.2) is 6.10 Å². The molecule has 0 aliphatic rings. The molecule has 0 amide bonds. The number of carbonyl (C=O) groups is 3. The summed E-state index contributed by atoms with van der Waals surface area (Å²) in [6.45, 7) is 6.53. The predicted octanol–water partition coefficient (Wildman–Crippen LogP) is 18.7. The third-order valence-electron chi connectivity index (χ3n) is 12.3. The summed E-state index contributed by atoms with van der Waals surface area (Å²) in [5.41, 5.74) is 0. The molecule has 0 aromatic rings. The zero-order valence-corrected chi connectivity index (χ0v) is 43.3. The maximum Gasteiger partial charge on any atom is 0.306 e. The summed E-state index contributed by atoms with van der Waals surface area (Å²) in [4.78, 5) is 37.8. The Hall–Kier alpha value is -2.63. The standard InChI is InChI=1S/C59H106O6/c1-4-7-10-13-16-18-20-22-23-24-25-26-27-28-29-30-31-32-33-34-35-37-38-40-43-46-49-52-58(61)64-55-56(54-63-57(60)51-48-45-42-15-12-9-6-3)65-59(62)53-50-47-44-41-39-36-21-19-17-14-11-8-5-2/h11,14,19-22,24-25,56H,4-10,12-13,15-18,23,26-55H2,1-3H3/b14-11-,21-19-,22-20-,25-24-. The average Bonchev–Trinajstić information content (AvgIpc) is 3.30. The molecule has 0 spiro atoms. The van der Waals surface area contributed by atoms with E-state index in [9.17, 15) is 14.4 Å². The number of hydrogen-bond acceptors (Lipinski definition) is 6. The number of carbonyl (C=O) groups excluding carboxylic acids is 3. The number of allylic oxidation sites excluding steroid dienone is 8. The van der Waals surface area contributed by atoms with Gasteiger partial charge in [0, 0.05) is 19.3 Å². The van der Waals surface area contributed by atoms with E-state index in [0.29, 0.717) is 19.3 Å². The van der Waals surface area contributed by atoms with E-state index in [1.165, 1.54) is 154 Å². The van der Waals surface area contributed by atoms with Crippen LogP contribution in [-0.2, 0) is 28.6 Å². The quantitative estimate of drug-likeness (QED) is 0.0262. The Kier molecular flexibility index (Phi) is 51.8. The van der Waals surface area contributed by atoms with Gasteiger partial charge in [0.05, 0.1) is 0 Å². The van der Waals surface area contributed by atoms with E-state index in [1.807, 2.05) is 0 Å². The summed E-state index contributed by atoms with van der Waals surface area (Å²) < 4.78 is 16.7. The zero-order valence-electron chi connectivity index (χ0n) is 43.3. The van der Waals surface area contributed by atoms with E-state index in [-0.39, 0.29) is 31.1 Å². The van der Waals surface area contributed by atoms with Gasteiger partial charge >= 0.3 is 17.9 Å². The van der Waals surface area contributed by atoms with E-state index in [2.05, 4.69) is 69.4 Å². The van der Waals surface area contributed by atoms with Crippen molar-refractivity contribution in [2.45, 2.75) is 297 Å². The number of rotatable bonds is 51. The minimum atomic E-state index is -0.775. The monoisotopic (exact) mass is 911 g/mol. The molecule has 1 unspecified atom stereocenters. The van der Waals surface area contributed by atoms with Crippen molar-refractivity contribution in [3.05, 3.63) is 48.6 Å². The fourth-order valence-electron chi connectivity index (χ4n) is 8.04. The topological polar surface area (TPSA) is 78.9 Å². The molecular weight excluding hydrogens is 805 g/mol. The lowest BCUT2D eigenvalue weighted by atomic mass is 10.0. The highest BCUT2D eigenvalue weighted by Gasteiger charge is 2.19. The van der Waals surface area contributed by atoms with Crippen molar-refractivity contribution in [3.63, 3.8) is 0 Å². The van der Waals surface area contributed by atoms with Crippen LogP contribution in [0.3, 0.4) is 0 Å². The van der Waals surface area contributed by atoms with Crippen LogP contribution in [0.1, 0.15) is 290 Å². The van der Waals surface area contributed by atoms with Crippen molar-refractivity contribution in [2.24, 2.45) is 0 Å². The first kappa shape index (κ1) is 62.4. The minimum Gasteiger partial charge on any atom is -0.462 e. The fraction of sp³-hybridized carbons (Fsp3) is 0.814. The molecule has 0 aliphatic carbocycles. The average molecular weight is 911 g/mol. The van der Waals surface area contributed by atoms with Crippen molar-refractivity contribution in [1.29, 1.82) is 0 Å². The lowest BCUT2D eigenvalue weighted by molar-refractivity contribution is -0.167. The van der Waals surface area contributed by atoms with Gasteiger partial charge in [-0.1, -0.05) is 243 Å². The van der Waals surface area contributed by atoms with Gasteiger partial charge in [-0.3, -0.25) is 14.4 Å². The molecule has 0 rings (SSSR count). The van der Waals surface area contributed by atoms with Crippen molar-refractivity contribution < 1.29 is 28.6 Å². The van der Waals surface area contributed by atoms with Crippen LogP contribution < -0.4 is 0 Å². The van der Waals surface area contributed by atoms with Crippen LogP contribution in [-0.4, -0.2) is 37.2 Å². The highest BCUT2D eigenvalue weighted by molar-refractivity contribution is 5.71. The summed E-state index contributed by atoms with van der Waals surface area (Å²) in [7, 11) is 0. The maximum absolute atomic E-state index is 12.7. The highest BCUT2D eigenvalue weighted by Crippen LogP contribution is 2.16. The third-order valence-corrected chi connectivity index (χ3v) is 12.3. The third kappa shape index (κ3) is 52.2. The van der Waals surface area contributed by atoms with Gasteiger partial charge in [-0.05, 0) is 77.0 Å². The van der Waals surface area contributed by atoms with Gasteiger partial charge in [0.1, 0.15) is 13.2 Å². The molecule has 1 atom stereocenters. The molecule has 6 heteroatoms. The second-order valence-electron chi connectivity index (χ2n) is 18.8. The molecule has 0 N–H and O–H groups in total. The SMILES string of the molecule is CCC/C=C\C/C=C\CCCCCCCC(=O)OC(COC(=O)CCCCCCCCC)COC(=O)CCCCCCCCCCCCCCCCC/C=C\C/C=C\CCCCCCC. The lowest BCUT2D eigenvalue weighted by Crippen LogP contribution is -2.30. The van der Waals surface area contributed by atoms with Crippen molar-refractivity contribution in [1.82, 2.24) is 0 Å². The molecule has 378 valence electrons. The normalized spacial score (nSPS) is 12.4. The molecule has 0 radical (unpaired) electrons. The first-order valence-electron chi connectivity index (χ1n) is 28.1. The summed E-state index contributed by atoms with van der Waals surface area (Å²) in [5.74, 6) is -0.889. The van der Waals surface area contributed by atoms with E-state index < -0.39 is 6.10 Å². The second kappa shape index (κ2) is 54.0. The largest absolute Gasteiger partial charge is 0.462 e. The van der Waals surface area contributed by atoms with Crippen LogP contribution in [0, 0.1) is 0 Å². The van der Waals surface area contributed by atoms with Crippen LogP contribution in [0.5, 0.6) is 0 Å². The molecule has 0 saturated carbocycles. The summed E-state index contributed by atoms with van der Waals surface area (Å²) in [5, 5.41) is 0. The minimum absolute atomic E-state index is 0.0766. The molecule has 0 aromatic heterocycles. The Morgan fingerprint density at radius 2 is 0.585 bits per heavy atom. The number of ether oxygens (including phenoxy) is 3. The molecule has 0 saturated heterocycles. The van der Waals surface area contributed by atoms with Crippen LogP contribution in [0.2, 0.25) is 0 Å². The van der Waals surface area contributed by atoms with E-state index >= 15 is 0 Å². The van der Waals surface area contributed by atoms with Crippen LogP contribution in [0.25, 0.3) is 0 Å². The number of esters is 3. The Labute approximate surface area is 403 Å². The first-order chi connectivity index (χ1) is 32.0. The lowest BCUT2D eigenvalue weighted by Gasteiger charge is -2.18. The first-order valence-corrected chi connectivity index (χ1v) is 28.1. The van der Waals surface area contributed by atoms with E-state index in [1.54, 1.807) is 0 Å². The Morgan fingerprint density at radius 3 is 0.908 bits per heavy atom. The smallest absolute Gasteiger partial charge is 0.306 e. The van der Waals surface area contributed by atoms with Gasteiger partial charge in [-0.15, -0.1) is 0 Å². The zero-order chi connectivity index (χ0) is 47.2. The van der Waals surface area contributed by atoms with E-state index in [4.69, 9.17) is 14.2 Å². The highest BCUT2D eigenvalue weighted by atomic mass is 16.6. The Bertz CT molecular complexity index is 1140. The molecular formula is C59H106O6. The van der Waals surface area contributed by atoms with Crippen molar-refractivity contribution >= 4 is 17.9 Å². The van der Waals surface area contributed by atoms with Crippen molar-refractivity contribution in [2.75, 3.05) is 13.2 Å². The van der Waals surface area contributed by atoms with Crippen molar-refractivity contribution in [3.8, 4) is 0 Å². The molecule has 0 aromatic carbocycles. The van der Waals surface area contributed by atoms with Crippen LogP contribution in [0.15, 0.2) is 48.6 Å². The molecule has 6 nitrogen and oxygen atoms in total. The summed E-state index contributed by atoms with van der Waals surface area (Å²) >= 11 is 0. The van der Waals surface area contributed by atoms with Gasteiger partial charge in [-0.25, -0.2) is 0 Å². The van der Waals surface area contributed by atoms with Gasteiger partial charge in [0.25, 0.3) is 0 Å². The molecule has 65 heavy (non-hydrogen) atoms. The number of unbranched alkanes of at least 4 members (excludes halogenated alkanes) is 32. The van der Waals surface area contributed by atoms with Crippen LogP contribution >= 0.6 is 0 Å². The number of hydrogen-bond donors (Lipinski definition) is 0. The Morgan fingerprint density at radius 1 is 0.308 bits per heavy atom. The molecule has 0 heterocycles. The predicted molar refractivity (Wildman–Crippen MR) is 279 cm³/mol. The molecule has 0 fully saturated rings. The second-order valence-corrected chi connectivity index (χ2v) is 18.8. The fourth-order valence-corrected chi connectivity index (χ4v) is 8.04.